The lowest BCUT2D eigenvalue weighted by Crippen LogP contribution is -2.61. The minimum atomic E-state index is -1.25. The van der Waals surface area contributed by atoms with Crippen LogP contribution in [0.4, 0.5) is 0 Å². The van der Waals surface area contributed by atoms with Gasteiger partial charge in [0.25, 0.3) is 0 Å². The lowest BCUT2D eigenvalue weighted by molar-refractivity contribution is -0.320. The summed E-state index contributed by atoms with van der Waals surface area (Å²) < 4.78 is 52.7. The molecule has 1 aromatic carbocycles. The van der Waals surface area contributed by atoms with E-state index in [9.17, 15) is 19.8 Å². The van der Waals surface area contributed by atoms with E-state index in [1.54, 1.807) is 27.9 Å². The maximum absolute atomic E-state index is 14.9. The predicted molar refractivity (Wildman–Crippen MR) is 244 cm³/mol. The predicted octanol–water partition coefficient (Wildman–Crippen LogP) is 6.10. The number of ether oxygens (including phenoxy) is 8. The van der Waals surface area contributed by atoms with Crippen molar-refractivity contribution in [2.24, 2.45) is 29.6 Å². The molecule has 15 heteroatoms. The maximum atomic E-state index is 14.9. The van der Waals surface area contributed by atoms with Crippen LogP contribution in [0.15, 0.2) is 36.4 Å². The van der Waals surface area contributed by atoms with Gasteiger partial charge in [0.05, 0.1) is 54.7 Å². The number of aliphatic hydroxyl groups is 2. The van der Waals surface area contributed by atoms with Crippen molar-refractivity contribution in [2.75, 3.05) is 41.0 Å². The van der Waals surface area contributed by atoms with Crippen LogP contribution in [0.3, 0.4) is 0 Å². The summed E-state index contributed by atoms with van der Waals surface area (Å²) in [6, 6.07) is 7.34. The van der Waals surface area contributed by atoms with Crippen molar-refractivity contribution in [2.45, 2.75) is 180 Å². The molecule has 0 radical (unpaired) electrons. The number of nitrogens with zero attached hydrogens (tertiary/aromatic N) is 1. The lowest BCUT2D eigenvalue weighted by atomic mass is 9.69. The Hall–Kier alpha value is -2.05. The molecule has 4 aliphatic rings. The first-order valence-corrected chi connectivity index (χ1v) is 23.7. The summed E-state index contributed by atoms with van der Waals surface area (Å²) >= 11 is 6.14. The smallest absolute Gasteiger partial charge is 0.311 e. The zero-order valence-electron chi connectivity index (χ0n) is 40.6. The van der Waals surface area contributed by atoms with E-state index >= 15 is 0 Å². The lowest BCUT2D eigenvalue weighted by Gasteiger charge is -2.50. The van der Waals surface area contributed by atoms with Crippen molar-refractivity contribution in [1.29, 1.82) is 0 Å². The number of nitrogens with one attached hydrogen (secondary N) is 1. The number of hydrogen-bond acceptors (Lipinski definition) is 14. The van der Waals surface area contributed by atoms with Gasteiger partial charge in [-0.1, -0.05) is 58.0 Å². The standard InChI is InChI=1S/C49H79ClN2O12/c1-15-37-49(11)39(28(3)26-59-49)30(5)40(53)27(2)23-48(10,58-21-20-51-25-34-16-18-35(50)19-17-34)44(64-46-41(54)36(52(12)13)22-29(4)60-46)31(6)42(32(7)45(56)62-37)63-38-24-47(9,57-14)43(55)33(8)61-38/h16-19,27,29-33,36-39,41-44,46,51,54-55H,3,15,20-26H2,1-2,4-14H3/t27-,29-,30?,31+,32-,33+,36+,37-,38?,39+,41-,42+,43+,44-,46+,47-,48-,49-/m1/s1. The number of esters is 1. The Morgan fingerprint density at radius 3 is 2.25 bits per heavy atom. The van der Waals surface area contributed by atoms with E-state index in [0.717, 1.165) is 11.1 Å². The van der Waals surface area contributed by atoms with Crippen LogP contribution >= 0.6 is 11.6 Å². The SMILES string of the molecule is C=C1CO[C@]2(C)[C@@H](CC)OC(=O)[C@H](C)[C@@H](OC3C[C@@](C)(OC)[C@@H](O)[C@H](C)O3)[C@H](C)[C@@H](O[C@@H]3O[C@H](C)C[C@H](N(C)C)[C@H]3O)[C@](C)(OCCNCc3ccc(Cl)cc3)C[C@@H](C)C(=O)C(C)[C@H]12. The fraction of sp³-hybridized carbons (Fsp3) is 0.796. The van der Waals surface area contributed by atoms with Crippen molar-refractivity contribution < 1.29 is 57.7 Å². The summed E-state index contributed by atoms with van der Waals surface area (Å²) in [7, 11) is 5.37. The maximum Gasteiger partial charge on any atom is 0.311 e. The molecule has 4 aliphatic heterocycles. The highest BCUT2D eigenvalue weighted by Crippen LogP contribution is 2.47. The Labute approximate surface area is 387 Å². The van der Waals surface area contributed by atoms with E-state index < -0.39 is 102 Å². The molecule has 1 aromatic rings. The Kier molecular flexibility index (Phi) is 18.1. The number of carbonyl (C=O) groups is 2. The van der Waals surface area contributed by atoms with Gasteiger partial charge in [-0.25, -0.2) is 0 Å². The minimum Gasteiger partial charge on any atom is -0.459 e. The van der Waals surface area contributed by atoms with Crippen LogP contribution in [-0.2, 0) is 54.0 Å². The first-order valence-electron chi connectivity index (χ1n) is 23.3. The topological polar surface area (TPSA) is 164 Å². The number of carbonyl (C=O) groups excluding carboxylic acids is 2. The molecule has 3 N–H and O–H groups in total. The molecule has 364 valence electrons. The molecule has 5 rings (SSSR count). The average molecular weight is 924 g/mol. The molecule has 0 aromatic heterocycles. The third-order valence-electron chi connectivity index (χ3n) is 14.8. The zero-order chi connectivity index (χ0) is 47.5. The van der Waals surface area contributed by atoms with Gasteiger partial charge in [-0.2, -0.15) is 0 Å². The number of ketones is 1. The van der Waals surface area contributed by atoms with Crippen LogP contribution in [0.5, 0.6) is 0 Å². The van der Waals surface area contributed by atoms with Crippen molar-refractivity contribution in [3.8, 4) is 0 Å². The van der Waals surface area contributed by atoms with Gasteiger partial charge in [-0.3, -0.25) is 9.59 Å². The van der Waals surface area contributed by atoms with Gasteiger partial charge >= 0.3 is 5.97 Å². The van der Waals surface area contributed by atoms with Crippen LogP contribution in [0.25, 0.3) is 0 Å². The molecule has 0 bridgehead atoms. The monoisotopic (exact) mass is 923 g/mol. The fourth-order valence-electron chi connectivity index (χ4n) is 11.0. The largest absolute Gasteiger partial charge is 0.459 e. The number of halogens is 1. The molecule has 0 amide bonds. The molecule has 14 nitrogen and oxygen atoms in total. The molecule has 4 saturated heterocycles. The van der Waals surface area contributed by atoms with Gasteiger partial charge in [-0.05, 0) is 98.2 Å². The summed E-state index contributed by atoms with van der Waals surface area (Å²) in [5.41, 5.74) is -1.48. The summed E-state index contributed by atoms with van der Waals surface area (Å²) in [4.78, 5) is 31.7. The fourth-order valence-corrected chi connectivity index (χ4v) is 11.1. The van der Waals surface area contributed by atoms with Gasteiger partial charge in [0.2, 0.25) is 0 Å². The highest BCUT2D eigenvalue weighted by molar-refractivity contribution is 6.30. The Morgan fingerprint density at radius 1 is 0.953 bits per heavy atom. The van der Waals surface area contributed by atoms with E-state index in [0.29, 0.717) is 31.0 Å². The van der Waals surface area contributed by atoms with Crippen LogP contribution in [0, 0.1) is 29.6 Å². The first kappa shape index (κ1) is 52.9. The Bertz CT molecular complexity index is 1720. The van der Waals surface area contributed by atoms with Crippen LogP contribution in [-0.4, -0.2) is 146 Å². The number of hydrogen-bond donors (Lipinski definition) is 3. The quantitative estimate of drug-likeness (QED) is 0.118. The summed E-state index contributed by atoms with van der Waals surface area (Å²) in [5.74, 6) is -3.70. The van der Waals surface area contributed by atoms with Crippen molar-refractivity contribution >= 4 is 23.4 Å². The Balaban J connectivity index is 1.63. The minimum absolute atomic E-state index is 0.0124. The second-order valence-corrected chi connectivity index (χ2v) is 20.5. The molecule has 2 unspecified atom stereocenters. The summed E-state index contributed by atoms with van der Waals surface area (Å²) in [6.07, 6.45) is -6.23. The Morgan fingerprint density at radius 2 is 1.62 bits per heavy atom. The van der Waals surface area contributed by atoms with Crippen molar-refractivity contribution in [3.63, 3.8) is 0 Å². The molecule has 0 saturated carbocycles. The number of benzene rings is 1. The molecule has 4 fully saturated rings. The third-order valence-corrected chi connectivity index (χ3v) is 15.0. The van der Waals surface area contributed by atoms with Gasteiger partial charge in [0, 0.05) is 61.4 Å². The second-order valence-electron chi connectivity index (χ2n) is 20.0. The van der Waals surface area contributed by atoms with Gasteiger partial charge in [0.15, 0.2) is 12.6 Å². The number of Topliss-reactive ketones (excluding diaryl/α,β-unsaturated/α-hetero) is 1. The van der Waals surface area contributed by atoms with Crippen molar-refractivity contribution in [3.05, 3.63) is 47.0 Å². The van der Waals surface area contributed by atoms with Crippen molar-refractivity contribution in [1.82, 2.24) is 10.2 Å². The van der Waals surface area contributed by atoms with Crippen LogP contribution < -0.4 is 5.32 Å². The number of methoxy groups -OCH3 is 1. The summed E-state index contributed by atoms with van der Waals surface area (Å²) in [5, 5.41) is 27.2. The zero-order valence-corrected chi connectivity index (χ0v) is 41.4. The number of likely N-dealkylation sites (N-methyl/N-ethyl adjacent to an activating group) is 1. The average Bonchev–Trinajstić information content (AvgIpc) is 3.56. The molecule has 4 heterocycles. The summed E-state index contributed by atoms with van der Waals surface area (Å²) in [6.45, 7) is 24.7. The van der Waals surface area contributed by atoms with E-state index in [1.807, 2.05) is 91.7 Å². The van der Waals surface area contributed by atoms with Crippen LogP contribution in [0.1, 0.15) is 100 Å². The molecule has 18 atom stereocenters. The van der Waals surface area contributed by atoms with E-state index in [-0.39, 0.29) is 44.0 Å². The number of rotatable bonds is 13. The highest BCUT2D eigenvalue weighted by atomic mass is 35.5. The third kappa shape index (κ3) is 11.6. The number of cyclic esters (lactones) is 1. The van der Waals surface area contributed by atoms with E-state index in [4.69, 9.17) is 49.5 Å². The normalized spacial score (nSPS) is 42.9. The van der Waals surface area contributed by atoms with E-state index in [2.05, 4.69) is 11.9 Å². The van der Waals surface area contributed by atoms with Crippen LogP contribution in [0.2, 0.25) is 5.02 Å². The first-order chi connectivity index (χ1) is 30.0. The molecular formula is C49H79ClN2O12. The van der Waals surface area contributed by atoms with Gasteiger partial charge in [-0.15, -0.1) is 0 Å². The van der Waals surface area contributed by atoms with Gasteiger partial charge < -0.3 is 58.3 Å². The number of fused-ring (bicyclic) bond motifs is 1. The molecule has 64 heavy (non-hydrogen) atoms. The molecular weight excluding hydrogens is 844 g/mol. The number of aliphatic hydroxyl groups excluding tert-OH is 2. The van der Waals surface area contributed by atoms with Gasteiger partial charge in [0.1, 0.15) is 29.7 Å². The molecule has 0 aliphatic carbocycles. The second kappa shape index (κ2) is 21.9. The van der Waals surface area contributed by atoms with E-state index in [1.165, 1.54) is 0 Å². The highest BCUT2D eigenvalue weighted by Gasteiger charge is 2.57. The molecule has 0 spiro atoms.